The molecule has 1 unspecified atom stereocenters. The van der Waals surface area contributed by atoms with Crippen LogP contribution in [0.1, 0.15) is 37.7 Å². The van der Waals surface area contributed by atoms with Crippen LogP contribution in [0.25, 0.3) is 0 Å². The number of ether oxygens (including phenoxy) is 5. The van der Waals surface area contributed by atoms with Crippen LogP contribution in [0.4, 0.5) is 0 Å². The van der Waals surface area contributed by atoms with E-state index in [1.54, 1.807) is 6.07 Å². The number of esters is 1. The fourth-order valence-electron chi connectivity index (χ4n) is 4.80. The van der Waals surface area contributed by atoms with Crippen LogP contribution in [0.3, 0.4) is 0 Å². The summed E-state index contributed by atoms with van der Waals surface area (Å²) >= 11 is 0. The van der Waals surface area contributed by atoms with Crippen LogP contribution in [0.5, 0.6) is 23.0 Å². The summed E-state index contributed by atoms with van der Waals surface area (Å²) in [5, 5.41) is 3.29. The Hall–Kier alpha value is -3.94. The zero-order valence-electron chi connectivity index (χ0n) is 21.0. The number of Topliss-reactive ketones (excluding diaryl/α,β-unsaturated/α-hetero) is 1. The van der Waals surface area contributed by atoms with Gasteiger partial charge in [0.15, 0.2) is 17.3 Å². The van der Waals surface area contributed by atoms with Gasteiger partial charge in [0.05, 0.1) is 32.8 Å². The van der Waals surface area contributed by atoms with Gasteiger partial charge in [-0.05, 0) is 38.0 Å². The van der Waals surface area contributed by atoms with Crippen molar-refractivity contribution in [3.8, 4) is 23.0 Å². The van der Waals surface area contributed by atoms with Crippen molar-refractivity contribution < 1.29 is 33.3 Å². The lowest BCUT2D eigenvalue weighted by Gasteiger charge is -2.35. The highest BCUT2D eigenvalue weighted by Gasteiger charge is 2.41. The summed E-state index contributed by atoms with van der Waals surface area (Å²) < 4.78 is 28.0. The van der Waals surface area contributed by atoms with Gasteiger partial charge >= 0.3 is 5.97 Å². The summed E-state index contributed by atoms with van der Waals surface area (Å²) in [6.45, 7) is 2.08. The fraction of sp³-hybridized carbons (Fsp3) is 0.357. The molecule has 0 saturated carbocycles. The van der Waals surface area contributed by atoms with Crippen molar-refractivity contribution >= 4 is 11.8 Å². The van der Waals surface area contributed by atoms with Crippen LogP contribution in [0, 0.1) is 0 Å². The van der Waals surface area contributed by atoms with Crippen LogP contribution in [0.15, 0.2) is 65.0 Å². The van der Waals surface area contributed by atoms with E-state index < -0.39 is 11.9 Å². The molecule has 4 rings (SSSR count). The van der Waals surface area contributed by atoms with E-state index in [1.807, 2.05) is 43.3 Å². The molecule has 0 aromatic heterocycles. The van der Waals surface area contributed by atoms with Crippen molar-refractivity contribution in [1.82, 2.24) is 5.32 Å². The SMILES string of the molecule is COc1ccc(C2C(C(=O)OCCOc3ccccc3)=C(C)NC3=C2C(=O)CCC3)c(OC)c1OC. The second-order valence-corrected chi connectivity index (χ2v) is 8.49. The largest absolute Gasteiger partial charge is 0.493 e. The zero-order valence-corrected chi connectivity index (χ0v) is 21.0. The highest BCUT2D eigenvalue weighted by Crippen LogP contribution is 2.50. The molecule has 8 nitrogen and oxygen atoms in total. The molecule has 8 heteroatoms. The van der Waals surface area contributed by atoms with E-state index in [2.05, 4.69) is 5.32 Å². The molecule has 0 amide bonds. The maximum atomic E-state index is 13.5. The Morgan fingerprint density at radius 2 is 1.69 bits per heavy atom. The predicted octanol–water partition coefficient (Wildman–Crippen LogP) is 4.30. The summed E-state index contributed by atoms with van der Waals surface area (Å²) in [5.74, 6) is 0.769. The summed E-state index contributed by atoms with van der Waals surface area (Å²) in [5.41, 5.74) is 3.01. The van der Waals surface area contributed by atoms with Gasteiger partial charge in [-0.1, -0.05) is 24.3 Å². The molecular weight excluding hydrogens is 462 g/mol. The molecule has 2 aliphatic rings. The predicted molar refractivity (Wildman–Crippen MR) is 133 cm³/mol. The number of carbonyl (C=O) groups is 2. The lowest BCUT2D eigenvalue weighted by molar-refractivity contribution is -0.140. The van der Waals surface area contributed by atoms with Crippen molar-refractivity contribution in [2.24, 2.45) is 0 Å². The quantitative estimate of drug-likeness (QED) is 0.408. The van der Waals surface area contributed by atoms with Gasteiger partial charge in [0.2, 0.25) is 5.75 Å². The van der Waals surface area contributed by atoms with Gasteiger partial charge in [-0.3, -0.25) is 4.79 Å². The number of rotatable bonds is 9. The number of hydrogen-bond donors (Lipinski definition) is 1. The number of hydrogen-bond acceptors (Lipinski definition) is 8. The molecule has 0 spiro atoms. The third kappa shape index (κ3) is 4.89. The van der Waals surface area contributed by atoms with E-state index in [-0.39, 0.29) is 19.0 Å². The third-order valence-corrected chi connectivity index (χ3v) is 6.37. The van der Waals surface area contributed by atoms with Gasteiger partial charge < -0.3 is 29.0 Å². The van der Waals surface area contributed by atoms with Gasteiger partial charge in [0.1, 0.15) is 19.0 Å². The normalized spacial score (nSPS) is 17.2. The monoisotopic (exact) mass is 493 g/mol. The Balaban J connectivity index is 1.69. The Labute approximate surface area is 210 Å². The van der Waals surface area contributed by atoms with Gasteiger partial charge in [0, 0.05) is 29.0 Å². The lowest BCUT2D eigenvalue weighted by Crippen LogP contribution is -2.34. The number of benzene rings is 2. The molecule has 1 aliphatic carbocycles. The molecular formula is C28H31NO7. The molecule has 0 bridgehead atoms. The minimum atomic E-state index is -0.675. The second-order valence-electron chi connectivity index (χ2n) is 8.49. The average molecular weight is 494 g/mol. The molecule has 0 saturated heterocycles. The number of carbonyl (C=O) groups excluding carboxylic acids is 2. The van der Waals surface area contributed by atoms with Gasteiger partial charge in [-0.25, -0.2) is 4.79 Å². The smallest absolute Gasteiger partial charge is 0.336 e. The van der Waals surface area contributed by atoms with Gasteiger partial charge in [-0.2, -0.15) is 0 Å². The van der Waals surface area contributed by atoms with Crippen LogP contribution < -0.4 is 24.3 Å². The second kappa shape index (κ2) is 11.2. The summed E-state index contributed by atoms with van der Waals surface area (Å²) in [7, 11) is 4.58. The van der Waals surface area contributed by atoms with Crippen LogP contribution in [-0.2, 0) is 14.3 Å². The zero-order chi connectivity index (χ0) is 25.7. The van der Waals surface area contributed by atoms with Crippen molar-refractivity contribution in [3.05, 3.63) is 70.6 Å². The molecule has 190 valence electrons. The molecule has 2 aromatic carbocycles. The molecule has 2 aromatic rings. The van der Waals surface area contributed by atoms with E-state index in [4.69, 9.17) is 23.7 Å². The average Bonchev–Trinajstić information content (AvgIpc) is 2.90. The molecule has 1 atom stereocenters. The number of dihydropyridines is 1. The van der Waals surface area contributed by atoms with E-state index in [1.165, 1.54) is 21.3 Å². The minimum Gasteiger partial charge on any atom is -0.493 e. The number of allylic oxidation sites excluding steroid dienone is 3. The van der Waals surface area contributed by atoms with Crippen molar-refractivity contribution in [1.29, 1.82) is 0 Å². The van der Waals surface area contributed by atoms with E-state index in [0.717, 1.165) is 18.5 Å². The first-order valence-corrected chi connectivity index (χ1v) is 11.9. The maximum absolute atomic E-state index is 13.5. The van der Waals surface area contributed by atoms with Crippen LogP contribution >= 0.6 is 0 Å². The molecule has 36 heavy (non-hydrogen) atoms. The Morgan fingerprint density at radius 1 is 0.944 bits per heavy atom. The Morgan fingerprint density at radius 3 is 2.39 bits per heavy atom. The highest BCUT2D eigenvalue weighted by molar-refractivity contribution is 6.04. The molecule has 1 heterocycles. The first-order chi connectivity index (χ1) is 17.5. The molecule has 1 N–H and O–H groups in total. The van der Waals surface area contributed by atoms with E-state index in [9.17, 15) is 9.59 Å². The van der Waals surface area contributed by atoms with Crippen molar-refractivity contribution in [2.75, 3.05) is 34.5 Å². The highest BCUT2D eigenvalue weighted by atomic mass is 16.6. The summed E-state index contributed by atoms with van der Waals surface area (Å²) in [6.07, 6.45) is 1.89. The Kier molecular flexibility index (Phi) is 7.83. The van der Waals surface area contributed by atoms with Crippen molar-refractivity contribution in [3.63, 3.8) is 0 Å². The fourth-order valence-corrected chi connectivity index (χ4v) is 4.80. The number of para-hydroxylation sites is 1. The lowest BCUT2D eigenvalue weighted by atomic mass is 9.75. The molecule has 0 fully saturated rings. The minimum absolute atomic E-state index is 0.00389. The first-order valence-electron chi connectivity index (χ1n) is 11.9. The van der Waals surface area contributed by atoms with Gasteiger partial charge in [-0.15, -0.1) is 0 Å². The van der Waals surface area contributed by atoms with Gasteiger partial charge in [0.25, 0.3) is 0 Å². The van der Waals surface area contributed by atoms with Crippen molar-refractivity contribution in [2.45, 2.75) is 32.1 Å². The molecule has 0 radical (unpaired) electrons. The molecule has 1 aliphatic heterocycles. The maximum Gasteiger partial charge on any atom is 0.336 e. The van der Waals surface area contributed by atoms with E-state index >= 15 is 0 Å². The van der Waals surface area contributed by atoms with E-state index in [0.29, 0.717) is 51.8 Å². The number of methoxy groups -OCH3 is 3. The topological polar surface area (TPSA) is 92.3 Å². The Bertz CT molecular complexity index is 1200. The first kappa shape index (κ1) is 25.2. The standard InChI is InChI=1S/C28H31NO7/c1-17-23(28(31)36-16-15-35-18-9-6-5-7-10-18)24(25-20(29-17)11-8-12-21(25)30)19-13-14-22(32-2)27(34-4)26(19)33-3/h5-7,9-10,13-14,24,29H,8,11-12,15-16H2,1-4H3. The summed E-state index contributed by atoms with van der Waals surface area (Å²) in [4.78, 5) is 26.6. The number of ketones is 1. The van der Waals surface area contributed by atoms with Crippen LogP contribution in [0.2, 0.25) is 0 Å². The number of nitrogens with one attached hydrogen (secondary N) is 1. The van der Waals surface area contributed by atoms with Crippen LogP contribution in [-0.4, -0.2) is 46.3 Å². The third-order valence-electron chi connectivity index (χ3n) is 6.37. The summed E-state index contributed by atoms with van der Waals surface area (Å²) in [6, 6.07) is 12.9.